The van der Waals surface area contributed by atoms with Crippen LogP contribution < -0.4 is 4.90 Å². The Hall–Kier alpha value is -3.25. The summed E-state index contributed by atoms with van der Waals surface area (Å²) < 4.78 is 0.803. The molecule has 3 aromatic rings. The zero-order valence-corrected chi connectivity index (χ0v) is 17.1. The Kier molecular flexibility index (Phi) is 5.03. The minimum absolute atomic E-state index is 0.0441. The van der Waals surface area contributed by atoms with Crippen molar-refractivity contribution >= 4 is 39.2 Å². The molecule has 6 heteroatoms. The van der Waals surface area contributed by atoms with Crippen molar-refractivity contribution in [1.82, 2.24) is 4.98 Å². The number of nitrogens with zero attached hydrogens (tertiary/aromatic N) is 2. The van der Waals surface area contributed by atoms with Gasteiger partial charge in [-0.25, -0.2) is 4.98 Å². The fourth-order valence-electron chi connectivity index (χ4n) is 3.42. The van der Waals surface area contributed by atoms with Gasteiger partial charge in [-0.05, 0) is 36.8 Å². The van der Waals surface area contributed by atoms with Crippen LogP contribution in [0.2, 0.25) is 0 Å². The summed E-state index contributed by atoms with van der Waals surface area (Å²) in [6, 6.07) is 18.9. The first-order valence-electron chi connectivity index (χ1n) is 9.02. The summed E-state index contributed by atoms with van der Waals surface area (Å²) in [4.78, 5) is 31.5. The third kappa shape index (κ3) is 3.47. The number of aryl methyl sites for hydroxylation is 1. The van der Waals surface area contributed by atoms with Crippen molar-refractivity contribution in [2.24, 2.45) is 0 Å². The van der Waals surface area contributed by atoms with E-state index < -0.39 is 17.7 Å². The van der Waals surface area contributed by atoms with Crippen molar-refractivity contribution in [2.45, 2.75) is 13.0 Å². The fraction of sp³-hybridized carbons (Fsp3) is 0.0870. The van der Waals surface area contributed by atoms with Gasteiger partial charge in [0.05, 0.1) is 11.6 Å². The van der Waals surface area contributed by atoms with Crippen molar-refractivity contribution in [3.63, 3.8) is 0 Å². The lowest BCUT2D eigenvalue weighted by Crippen LogP contribution is -2.30. The summed E-state index contributed by atoms with van der Waals surface area (Å²) in [7, 11) is 0. The Labute approximate surface area is 176 Å². The van der Waals surface area contributed by atoms with E-state index in [1.807, 2.05) is 43.3 Å². The van der Waals surface area contributed by atoms with Crippen LogP contribution in [0.4, 0.5) is 5.82 Å². The van der Waals surface area contributed by atoms with Gasteiger partial charge in [-0.15, -0.1) is 0 Å². The standard InChI is InChI=1S/C23H17BrN2O3/c1-14-8-10-15(11-9-14)21(27)19-20(16-5-4-6-17(24)13-16)26(23(29)22(19)28)18-7-2-3-12-25-18/h2-13,20,27H,1H3. The molecule has 1 amide bonds. The number of pyridine rings is 1. The van der Waals surface area contributed by atoms with Crippen LogP contribution in [0.25, 0.3) is 5.76 Å². The predicted molar refractivity (Wildman–Crippen MR) is 114 cm³/mol. The number of carbonyl (C=O) groups excluding carboxylic acids is 2. The number of aliphatic hydroxyl groups is 1. The smallest absolute Gasteiger partial charge is 0.301 e. The molecule has 0 radical (unpaired) electrons. The highest BCUT2D eigenvalue weighted by Gasteiger charge is 2.47. The third-order valence-corrected chi connectivity index (χ3v) is 5.32. The molecule has 1 aliphatic heterocycles. The van der Waals surface area contributed by atoms with Gasteiger partial charge in [0, 0.05) is 16.2 Å². The molecule has 2 heterocycles. The van der Waals surface area contributed by atoms with E-state index in [9.17, 15) is 14.7 Å². The molecule has 0 saturated carbocycles. The molecule has 0 bridgehead atoms. The lowest BCUT2D eigenvalue weighted by atomic mass is 9.95. The maximum absolute atomic E-state index is 13.0. The summed E-state index contributed by atoms with van der Waals surface area (Å²) in [6.07, 6.45) is 1.56. The fourth-order valence-corrected chi connectivity index (χ4v) is 3.84. The number of hydrogen-bond donors (Lipinski definition) is 1. The Bertz CT molecular complexity index is 1120. The monoisotopic (exact) mass is 448 g/mol. The highest BCUT2D eigenvalue weighted by molar-refractivity contribution is 9.10. The predicted octanol–water partition coefficient (Wildman–Crippen LogP) is 4.78. The topological polar surface area (TPSA) is 70.5 Å². The second-order valence-corrected chi connectivity index (χ2v) is 7.69. The molecule has 1 atom stereocenters. The molecule has 29 heavy (non-hydrogen) atoms. The number of anilines is 1. The first-order chi connectivity index (χ1) is 14.0. The first-order valence-corrected chi connectivity index (χ1v) is 9.81. The summed E-state index contributed by atoms with van der Waals surface area (Å²) in [6.45, 7) is 1.94. The molecule has 4 rings (SSSR count). The van der Waals surface area contributed by atoms with Crippen LogP contribution in [-0.4, -0.2) is 21.8 Å². The minimum atomic E-state index is -0.788. The van der Waals surface area contributed by atoms with Gasteiger partial charge in [-0.3, -0.25) is 14.5 Å². The first kappa shape index (κ1) is 19.1. The third-order valence-electron chi connectivity index (χ3n) is 4.83. The molecule has 1 N–H and O–H groups in total. The average Bonchev–Trinajstić information content (AvgIpc) is 2.99. The van der Waals surface area contributed by atoms with Crippen molar-refractivity contribution < 1.29 is 14.7 Å². The van der Waals surface area contributed by atoms with Crippen LogP contribution in [0, 0.1) is 6.92 Å². The van der Waals surface area contributed by atoms with Gasteiger partial charge in [0.2, 0.25) is 0 Å². The van der Waals surface area contributed by atoms with Crippen molar-refractivity contribution in [1.29, 1.82) is 0 Å². The summed E-state index contributed by atoms with van der Waals surface area (Å²) in [5, 5.41) is 11.0. The summed E-state index contributed by atoms with van der Waals surface area (Å²) in [5.41, 5.74) is 2.24. The molecule has 0 spiro atoms. The van der Waals surface area contributed by atoms with Crippen molar-refractivity contribution in [2.75, 3.05) is 4.90 Å². The maximum atomic E-state index is 13.0. The number of aliphatic hydroxyl groups excluding tert-OH is 1. The number of Topliss-reactive ketones (excluding diaryl/α,β-unsaturated/α-hetero) is 1. The number of amides is 1. The number of benzene rings is 2. The molecule has 144 valence electrons. The van der Waals surface area contributed by atoms with E-state index in [0.29, 0.717) is 16.9 Å². The van der Waals surface area contributed by atoms with Crippen LogP contribution >= 0.6 is 15.9 Å². The van der Waals surface area contributed by atoms with Gasteiger partial charge in [0.15, 0.2) is 0 Å². The van der Waals surface area contributed by atoms with E-state index in [0.717, 1.165) is 10.0 Å². The van der Waals surface area contributed by atoms with E-state index in [2.05, 4.69) is 20.9 Å². The molecule has 1 aliphatic rings. The van der Waals surface area contributed by atoms with E-state index in [-0.39, 0.29) is 11.3 Å². The summed E-state index contributed by atoms with van der Waals surface area (Å²) >= 11 is 3.44. The molecule has 1 saturated heterocycles. The normalized spacial score (nSPS) is 18.3. The van der Waals surface area contributed by atoms with Crippen LogP contribution in [-0.2, 0) is 9.59 Å². The Balaban J connectivity index is 1.95. The average molecular weight is 449 g/mol. The molecule has 1 fully saturated rings. The van der Waals surface area contributed by atoms with Gasteiger partial charge >= 0.3 is 5.91 Å². The van der Waals surface area contributed by atoms with Crippen molar-refractivity contribution in [3.05, 3.63) is 99.7 Å². The molecule has 5 nitrogen and oxygen atoms in total. The zero-order chi connectivity index (χ0) is 20.5. The molecule has 0 aliphatic carbocycles. The minimum Gasteiger partial charge on any atom is -0.507 e. The second-order valence-electron chi connectivity index (χ2n) is 6.78. The van der Waals surface area contributed by atoms with E-state index in [1.54, 1.807) is 36.5 Å². The number of hydrogen-bond acceptors (Lipinski definition) is 4. The molecule has 1 aromatic heterocycles. The highest BCUT2D eigenvalue weighted by Crippen LogP contribution is 2.41. The number of rotatable bonds is 3. The van der Waals surface area contributed by atoms with Gasteiger partial charge < -0.3 is 5.11 Å². The van der Waals surface area contributed by atoms with Crippen LogP contribution in [0.1, 0.15) is 22.7 Å². The Morgan fingerprint density at radius 2 is 1.79 bits per heavy atom. The highest BCUT2D eigenvalue weighted by atomic mass is 79.9. The van der Waals surface area contributed by atoms with Gasteiger partial charge in [0.25, 0.3) is 5.78 Å². The van der Waals surface area contributed by atoms with Gasteiger partial charge in [-0.2, -0.15) is 0 Å². The Morgan fingerprint density at radius 1 is 1.03 bits per heavy atom. The molecule has 1 unspecified atom stereocenters. The van der Waals surface area contributed by atoms with Crippen LogP contribution in [0.15, 0.2) is 83.0 Å². The van der Waals surface area contributed by atoms with Crippen LogP contribution in [0.5, 0.6) is 0 Å². The lowest BCUT2D eigenvalue weighted by Gasteiger charge is -2.24. The van der Waals surface area contributed by atoms with Gasteiger partial charge in [0.1, 0.15) is 11.6 Å². The lowest BCUT2D eigenvalue weighted by molar-refractivity contribution is -0.132. The Morgan fingerprint density at radius 3 is 2.45 bits per heavy atom. The van der Waals surface area contributed by atoms with E-state index in [1.165, 1.54) is 4.90 Å². The largest absolute Gasteiger partial charge is 0.507 e. The second kappa shape index (κ2) is 7.64. The number of carbonyl (C=O) groups is 2. The summed E-state index contributed by atoms with van der Waals surface area (Å²) in [5.74, 6) is -1.31. The van der Waals surface area contributed by atoms with E-state index in [4.69, 9.17) is 0 Å². The maximum Gasteiger partial charge on any atom is 0.301 e. The number of halogens is 1. The molecular formula is C23H17BrN2O3. The molecular weight excluding hydrogens is 432 g/mol. The van der Waals surface area contributed by atoms with Gasteiger partial charge in [-0.1, -0.05) is 64.0 Å². The quantitative estimate of drug-likeness (QED) is 0.355. The van der Waals surface area contributed by atoms with E-state index >= 15 is 0 Å². The number of ketones is 1. The number of aromatic nitrogens is 1. The zero-order valence-electron chi connectivity index (χ0n) is 15.5. The van der Waals surface area contributed by atoms with Crippen LogP contribution in [0.3, 0.4) is 0 Å². The molecule has 2 aromatic carbocycles. The van der Waals surface area contributed by atoms with Crippen molar-refractivity contribution in [3.8, 4) is 0 Å². The SMILES string of the molecule is Cc1ccc(C(O)=C2C(=O)C(=O)N(c3ccccn3)C2c2cccc(Br)c2)cc1.